The lowest BCUT2D eigenvalue weighted by molar-refractivity contribution is -0.114. The molecule has 0 radical (unpaired) electrons. The zero-order valence-corrected chi connectivity index (χ0v) is 18.5. The Bertz CT molecular complexity index is 990. The normalized spacial score (nSPS) is 11.6. The molecular formula is C24H29N3OS. The summed E-state index contributed by atoms with van der Waals surface area (Å²) >= 11 is 1.59. The van der Waals surface area contributed by atoms with Crippen LogP contribution in [0.2, 0.25) is 0 Å². The van der Waals surface area contributed by atoms with E-state index in [9.17, 15) is 4.79 Å². The average molecular weight is 408 g/mol. The first-order chi connectivity index (χ1) is 14.0. The van der Waals surface area contributed by atoms with Crippen LogP contribution in [-0.2, 0) is 4.79 Å². The first-order valence-electron chi connectivity index (χ1n) is 10.2. The van der Waals surface area contributed by atoms with Crippen molar-refractivity contribution in [1.29, 1.82) is 0 Å². The molecule has 1 amide bonds. The van der Waals surface area contributed by atoms with E-state index in [-0.39, 0.29) is 5.91 Å². The number of benzene rings is 2. The second kappa shape index (κ2) is 9.81. The minimum absolute atomic E-state index is 0.0329. The molecule has 0 fully saturated rings. The number of thiazole rings is 1. The van der Waals surface area contributed by atoms with Crippen LogP contribution in [0.4, 0.5) is 5.13 Å². The number of carbonyl (C=O) groups excluding carboxylic acids is 1. The minimum Gasteiger partial charge on any atom is -0.302 e. The highest BCUT2D eigenvalue weighted by Gasteiger charge is 2.19. The van der Waals surface area contributed by atoms with Crippen LogP contribution >= 0.6 is 11.3 Å². The van der Waals surface area contributed by atoms with Gasteiger partial charge in [0.15, 0.2) is 5.13 Å². The van der Waals surface area contributed by atoms with E-state index in [1.165, 1.54) is 11.1 Å². The van der Waals surface area contributed by atoms with Gasteiger partial charge in [0.2, 0.25) is 0 Å². The Balaban J connectivity index is 1.91. The van der Waals surface area contributed by atoms with Crippen molar-refractivity contribution < 1.29 is 4.79 Å². The van der Waals surface area contributed by atoms with Crippen LogP contribution in [-0.4, -0.2) is 42.0 Å². The maximum atomic E-state index is 13.1. The van der Waals surface area contributed by atoms with Crippen molar-refractivity contribution in [2.45, 2.75) is 27.7 Å². The van der Waals surface area contributed by atoms with Gasteiger partial charge < -0.3 is 4.90 Å². The van der Waals surface area contributed by atoms with Gasteiger partial charge in [0.05, 0.1) is 10.2 Å². The third kappa shape index (κ3) is 5.11. The lowest BCUT2D eigenvalue weighted by Crippen LogP contribution is -2.38. The molecule has 0 aliphatic carbocycles. The number of nitrogens with zero attached hydrogens (tertiary/aromatic N) is 3. The summed E-state index contributed by atoms with van der Waals surface area (Å²) in [5.41, 5.74) is 4.42. The van der Waals surface area contributed by atoms with E-state index < -0.39 is 0 Å². The summed E-state index contributed by atoms with van der Waals surface area (Å²) in [6, 6.07) is 14.1. The van der Waals surface area contributed by atoms with Crippen molar-refractivity contribution in [3.05, 3.63) is 65.2 Å². The molecule has 1 heterocycles. The van der Waals surface area contributed by atoms with Crippen LogP contribution < -0.4 is 4.90 Å². The van der Waals surface area contributed by atoms with Crippen molar-refractivity contribution in [3.8, 4) is 0 Å². The highest BCUT2D eigenvalue weighted by Crippen LogP contribution is 2.32. The van der Waals surface area contributed by atoms with Gasteiger partial charge in [0.25, 0.3) is 5.91 Å². The molecule has 0 atom stereocenters. The van der Waals surface area contributed by atoms with Crippen LogP contribution in [0.15, 0.2) is 48.5 Å². The number of hydrogen-bond acceptors (Lipinski definition) is 4. The number of aryl methyl sites for hydroxylation is 2. The van der Waals surface area contributed by atoms with Crippen LogP contribution in [0.1, 0.15) is 30.5 Å². The first-order valence-corrected chi connectivity index (χ1v) is 11.0. The van der Waals surface area contributed by atoms with Gasteiger partial charge in [0.1, 0.15) is 0 Å². The van der Waals surface area contributed by atoms with Crippen LogP contribution in [0.25, 0.3) is 16.3 Å². The minimum atomic E-state index is -0.0329. The predicted octanol–water partition coefficient (Wildman–Crippen LogP) is 5.30. The molecular weight excluding hydrogens is 378 g/mol. The Hall–Kier alpha value is -2.50. The molecule has 29 heavy (non-hydrogen) atoms. The molecule has 0 bridgehead atoms. The van der Waals surface area contributed by atoms with Gasteiger partial charge in [-0.2, -0.15) is 0 Å². The summed E-state index contributed by atoms with van der Waals surface area (Å²) in [7, 11) is 0. The highest BCUT2D eigenvalue weighted by atomic mass is 32.1. The quantitative estimate of drug-likeness (QED) is 0.475. The van der Waals surface area contributed by atoms with E-state index in [1.54, 1.807) is 17.4 Å². The number of likely N-dealkylation sites (N-methyl/N-ethyl adjacent to an activating group) is 1. The van der Waals surface area contributed by atoms with Gasteiger partial charge in [-0.25, -0.2) is 4.98 Å². The van der Waals surface area contributed by atoms with Gasteiger partial charge in [-0.15, -0.1) is 0 Å². The summed E-state index contributed by atoms with van der Waals surface area (Å²) in [5.74, 6) is -0.0329. The second-order valence-electron chi connectivity index (χ2n) is 7.11. The number of amides is 1. The predicted molar refractivity (Wildman–Crippen MR) is 125 cm³/mol. The molecule has 1 aromatic heterocycles. The van der Waals surface area contributed by atoms with Gasteiger partial charge in [-0.3, -0.25) is 9.69 Å². The molecule has 3 rings (SSSR count). The van der Waals surface area contributed by atoms with Crippen molar-refractivity contribution in [3.63, 3.8) is 0 Å². The maximum Gasteiger partial charge on any atom is 0.252 e. The van der Waals surface area contributed by atoms with E-state index in [0.29, 0.717) is 6.54 Å². The Morgan fingerprint density at radius 3 is 2.45 bits per heavy atom. The Morgan fingerprint density at radius 1 is 1.03 bits per heavy atom. The van der Waals surface area contributed by atoms with E-state index in [2.05, 4.69) is 44.7 Å². The van der Waals surface area contributed by atoms with Crippen LogP contribution in [0, 0.1) is 13.8 Å². The Kier molecular flexibility index (Phi) is 7.18. The van der Waals surface area contributed by atoms with Gasteiger partial charge in [0, 0.05) is 19.2 Å². The Morgan fingerprint density at radius 2 is 1.76 bits per heavy atom. The third-order valence-corrected chi connectivity index (χ3v) is 6.37. The van der Waals surface area contributed by atoms with Crippen molar-refractivity contribution in [1.82, 2.24) is 9.88 Å². The van der Waals surface area contributed by atoms with E-state index in [0.717, 1.165) is 40.5 Å². The molecule has 4 nitrogen and oxygen atoms in total. The van der Waals surface area contributed by atoms with Crippen molar-refractivity contribution in [2.24, 2.45) is 0 Å². The molecule has 0 aliphatic heterocycles. The zero-order valence-electron chi connectivity index (χ0n) is 17.7. The lowest BCUT2D eigenvalue weighted by atomic mass is 10.1. The molecule has 3 aromatic rings. The molecule has 0 spiro atoms. The largest absolute Gasteiger partial charge is 0.302 e. The van der Waals surface area contributed by atoms with Crippen LogP contribution in [0.3, 0.4) is 0 Å². The Labute approximate surface area is 177 Å². The smallest absolute Gasteiger partial charge is 0.252 e. The SMILES string of the molecule is CCN(CC)CCN(C(=O)C=Cc1ccccc1)c1nc2c(C)c(C)ccc2s1. The fourth-order valence-corrected chi connectivity index (χ4v) is 4.29. The number of carbonyl (C=O) groups is 1. The van der Waals surface area contributed by atoms with E-state index in [4.69, 9.17) is 4.98 Å². The van der Waals surface area contributed by atoms with Gasteiger partial charge >= 0.3 is 0 Å². The van der Waals surface area contributed by atoms with Crippen molar-refractivity contribution >= 4 is 38.7 Å². The second-order valence-corrected chi connectivity index (χ2v) is 8.12. The van der Waals surface area contributed by atoms with Gasteiger partial charge in [-0.1, -0.05) is 61.6 Å². The number of aromatic nitrogens is 1. The summed E-state index contributed by atoms with van der Waals surface area (Å²) in [5, 5.41) is 0.767. The monoisotopic (exact) mass is 407 g/mol. The maximum absolute atomic E-state index is 13.1. The zero-order chi connectivity index (χ0) is 20.8. The summed E-state index contributed by atoms with van der Waals surface area (Å²) in [4.78, 5) is 22.1. The third-order valence-electron chi connectivity index (χ3n) is 5.32. The van der Waals surface area contributed by atoms with Crippen LogP contribution in [0.5, 0.6) is 0 Å². The fourth-order valence-electron chi connectivity index (χ4n) is 3.23. The molecule has 0 aliphatic rings. The van der Waals surface area contributed by atoms with E-state index >= 15 is 0 Å². The molecule has 0 saturated heterocycles. The summed E-state index contributed by atoms with van der Waals surface area (Å²) in [6.07, 6.45) is 3.53. The molecule has 5 heteroatoms. The number of fused-ring (bicyclic) bond motifs is 1. The van der Waals surface area contributed by atoms with E-state index in [1.807, 2.05) is 41.3 Å². The number of anilines is 1. The highest BCUT2D eigenvalue weighted by molar-refractivity contribution is 7.22. The first kappa shape index (κ1) is 21.2. The molecule has 0 unspecified atom stereocenters. The fraction of sp³-hybridized carbons (Fsp3) is 0.333. The average Bonchev–Trinajstić information content (AvgIpc) is 3.18. The molecule has 152 valence electrons. The number of rotatable bonds is 8. The lowest BCUT2D eigenvalue weighted by Gasteiger charge is -2.23. The number of hydrogen-bond donors (Lipinski definition) is 0. The van der Waals surface area contributed by atoms with Crippen molar-refractivity contribution in [2.75, 3.05) is 31.1 Å². The van der Waals surface area contributed by atoms with Gasteiger partial charge in [-0.05, 0) is 55.8 Å². The summed E-state index contributed by atoms with van der Waals surface area (Å²) < 4.78 is 1.12. The molecule has 2 aromatic carbocycles. The molecule has 0 N–H and O–H groups in total. The summed E-state index contributed by atoms with van der Waals surface area (Å²) in [6.45, 7) is 11.9. The standard InChI is InChI=1S/C24H29N3OS/c1-5-26(6-2)16-17-27(22(28)15-13-20-10-8-7-9-11-20)24-25-23-19(4)18(3)12-14-21(23)29-24/h7-15H,5-6,16-17H2,1-4H3. The molecule has 0 saturated carbocycles. The topological polar surface area (TPSA) is 36.4 Å².